The van der Waals surface area contributed by atoms with Crippen LogP contribution in [0.25, 0.3) is 0 Å². The largest absolute Gasteiger partial charge is 0.353 e. The summed E-state index contributed by atoms with van der Waals surface area (Å²) in [5, 5.41) is 3.10. The van der Waals surface area contributed by atoms with Crippen LogP contribution in [-0.2, 0) is 16.0 Å². The number of nitrogens with one attached hydrogen (secondary N) is 1. The summed E-state index contributed by atoms with van der Waals surface area (Å²) in [6.45, 7) is 6.84. The Bertz CT molecular complexity index is 585. The first-order valence-electron chi connectivity index (χ1n) is 9.75. The fourth-order valence-electron chi connectivity index (χ4n) is 3.50. The molecule has 1 aromatic rings. The van der Waals surface area contributed by atoms with Crippen LogP contribution in [0, 0.1) is 5.92 Å². The summed E-state index contributed by atoms with van der Waals surface area (Å²) in [7, 11) is 0. The van der Waals surface area contributed by atoms with Gasteiger partial charge >= 0.3 is 0 Å². The Hall–Kier alpha value is -1.84. The van der Waals surface area contributed by atoms with E-state index in [2.05, 4.69) is 26.1 Å². The van der Waals surface area contributed by atoms with E-state index in [1.54, 1.807) is 4.90 Å². The molecule has 0 radical (unpaired) electrons. The van der Waals surface area contributed by atoms with Gasteiger partial charge in [-0.15, -0.1) is 0 Å². The van der Waals surface area contributed by atoms with Crippen LogP contribution in [0.4, 0.5) is 5.69 Å². The molecule has 0 aliphatic carbocycles. The Labute approximate surface area is 152 Å². The maximum atomic E-state index is 12.5. The van der Waals surface area contributed by atoms with E-state index in [1.807, 2.05) is 24.3 Å². The second-order valence-electron chi connectivity index (χ2n) is 7.15. The zero-order valence-corrected chi connectivity index (χ0v) is 15.9. The predicted molar refractivity (Wildman–Crippen MR) is 103 cm³/mol. The van der Waals surface area contributed by atoms with Crippen molar-refractivity contribution in [2.24, 2.45) is 5.92 Å². The Kier molecular flexibility index (Phi) is 7.48. The molecule has 1 aromatic carbocycles. The molecule has 138 valence electrons. The predicted octanol–water partition coefficient (Wildman–Crippen LogP) is 4.08. The van der Waals surface area contributed by atoms with E-state index in [9.17, 15) is 9.59 Å². The molecular formula is C21H32N2O2. The Morgan fingerprint density at radius 1 is 1.24 bits per heavy atom. The molecule has 25 heavy (non-hydrogen) atoms. The fourth-order valence-corrected chi connectivity index (χ4v) is 3.50. The molecule has 1 aliphatic rings. The summed E-state index contributed by atoms with van der Waals surface area (Å²) in [6, 6.07) is 8.15. The molecule has 2 atom stereocenters. The van der Waals surface area contributed by atoms with Gasteiger partial charge in [0.1, 0.15) is 0 Å². The Balaban J connectivity index is 1.90. The van der Waals surface area contributed by atoms with Crippen molar-refractivity contribution in [2.75, 3.05) is 11.4 Å². The molecule has 4 heteroatoms. The van der Waals surface area contributed by atoms with Gasteiger partial charge in [0.25, 0.3) is 0 Å². The highest BCUT2D eigenvalue weighted by molar-refractivity contribution is 6.00. The molecule has 1 saturated heterocycles. The van der Waals surface area contributed by atoms with Crippen molar-refractivity contribution >= 4 is 17.5 Å². The highest BCUT2D eigenvalue weighted by Crippen LogP contribution is 2.28. The summed E-state index contributed by atoms with van der Waals surface area (Å²) < 4.78 is 0. The molecule has 0 aromatic heterocycles. The number of carbonyl (C=O) groups excluding carboxylic acids is 2. The molecule has 0 spiro atoms. The number of nitrogens with zero attached hydrogens (tertiary/aromatic N) is 1. The first-order valence-corrected chi connectivity index (χ1v) is 9.75. The molecule has 1 heterocycles. The van der Waals surface area contributed by atoms with Gasteiger partial charge in [-0.05, 0) is 31.4 Å². The van der Waals surface area contributed by atoms with Crippen LogP contribution in [0.2, 0.25) is 0 Å². The van der Waals surface area contributed by atoms with Gasteiger partial charge in [0.15, 0.2) is 0 Å². The third kappa shape index (κ3) is 5.32. The molecule has 0 bridgehead atoms. The van der Waals surface area contributed by atoms with Gasteiger partial charge in [0, 0.05) is 24.7 Å². The van der Waals surface area contributed by atoms with Gasteiger partial charge in [-0.1, -0.05) is 57.7 Å². The van der Waals surface area contributed by atoms with E-state index < -0.39 is 0 Å². The minimum Gasteiger partial charge on any atom is -0.353 e. The number of carbonyl (C=O) groups is 2. The van der Waals surface area contributed by atoms with Crippen molar-refractivity contribution in [2.45, 2.75) is 71.8 Å². The van der Waals surface area contributed by atoms with Crippen molar-refractivity contribution in [3.8, 4) is 0 Å². The van der Waals surface area contributed by atoms with Crippen molar-refractivity contribution in [1.29, 1.82) is 0 Å². The number of rotatable bonds is 9. The standard InChI is InChI=1S/C21H32N2O2/c1-4-6-7-8-11-16(3)22-21(25)18-14-20(24)23(15-18)19-13-10-9-12-17(19)5-2/h9-10,12-13,16,18H,4-8,11,14-15H2,1-3H3,(H,22,25). The Morgan fingerprint density at radius 3 is 2.72 bits per heavy atom. The van der Waals surface area contributed by atoms with Crippen molar-refractivity contribution in [3.05, 3.63) is 29.8 Å². The summed E-state index contributed by atoms with van der Waals surface area (Å²) in [5.41, 5.74) is 2.11. The van der Waals surface area contributed by atoms with Crippen LogP contribution in [0.5, 0.6) is 0 Å². The summed E-state index contributed by atoms with van der Waals surface area (Å²) in [6.07, 6.45) is 7.05. The first kappa shape index (κ1) is 19.5. The van der Waals surface area contributed by atoms with Crippen LogP contribution in [0.1, 0.15) is 64.9 Å². The van der Waals surface area contributed by atoms with Crippen molar-refractivity contribution in [3.63, 3.8) is 0 Å². The lowest BCUT2D eigenvalue weighted by molar-refractivity contribution is -0.126. The number of anilines is 1. The molecule has 2 amide bonds. The van der Waals surface area contributed by atoms with Gasteiger partial charge in [0.2, 0.25) is 11.8 Å². The quantitative estimate of drug-likeness (QED) is 0.686. The van der Waals surface area contributed by atoms with E-state index in [0.717, 1.165) is 30.5 Å². The van der Waals surface area contributed by atoms with Crippen LogP contribution >= 0.6 is 0 Å². The van der Waals surface area contributed by atoms with E-state index in [0.29, 0.717) is 13.0 Å². The average Bonchev–Trinajstić information content (AvgIpc) is 3.00. The molecule has 4 nitrogen and oxygen atoms in total. The minimum atomic E-state index is -0.240. The summed E-state index contributed by atoms with van der Waals surface area (Å²) >= 11 is 0. The maximum absolute atomic E-state index is 12.5. The lowest BCUT2D eigenvalue weighted by atomic mass is 10.1. The van der Waals surface area contributed by atoms with E-state index >= 15 is 0 Å². The van der Waals surface area contributed by atoms with Crippen LogP contribution in [0.3, 0.4) is 0 Å². The molecule has 2 unspecified atom stereocenters. The zero-order valence-electron chi connectivity index (χ0n) is 15.9. The molecule has 1 fully saturated rings. The number of hydrogen-bond acceptors (Lipinski definition) is 2. The lowest BCUT2D eigenvalue weighted by Gasteiger charge is -2.20. The highest BCUT2D eigenvalue weighted by atomic mass is 16.2. The molecule has 0 saturated carbocycles. The van der Waals surface area contributed by atoms with Crippen molar-refractivity contribution < 1.29 is 9.59 Å². The van der Waals surface area contributed by atoms with Crippen LogP contribution < -0.4 is 10.2 Å². The van der Waals surface area contributed by atoms with Crippen LogP contribution in [-0.4, -0.2) is 24.4 Å². The number of aryl methyl sites for hydroxylation is 1. The number of para-hydroxylation sites is 1. The van der Waals surface area contributed by atoms with Crippen LogP contribution in [0.15, 0.2) is 24.3 Å². The summed E-state index contributed by atoms with van der Waals surface area (Å²) in [4.78, 5) is 26.8. The third-order valence-corrected chi connectivity index (χ3v) is 5.04. The van der Waals surface area contributed by atoms with Gasteiger partial charge in [0.05, 0.1) is 5.92 Å². The third-order valence-electron chi connectivity index (χ3n) is 5.04. The number of benzene rings is 1. The average molecular weight is 344 g/mol. The number of hydrogen-bond donors (Lipinski definition) is 1. The molecule has 1 N–H and O–H groups in total. The van der Waals surface area contributed by atoms with Gasteiger partial charge in [-0.25, -0.2) is 0 Å². The van der Waals surface area contributed by atoms with Gasteiger partial charge < -0.3 is 10.2 Å². The number of amides is 2. The fraction of sp³-hybridized carbons (Fsp3) is 0.619. The second kappa shape index (κ2) is 9.59. The maximum Gasteiger partial charge on any atom is 0.227 e. The zero-order chi connectivity index (χ0) is 18.2. The Morgan fingerprint density at radius 2 is 2.00 bits per heavy atom. The minimum absolute atomic E-state index is 0.0211. The smallest absolute Gasteiger partial charge is 0.227 e. The highest BCUT2D eigenvalue weighted by Gasteiger charge is 2.36. The molecule has 2 rings (SSSR count). The van der Waals surface area contributed by atoms with E-state index in [-0.39, 0.29) is 23.8 Å². The monoisotopic (exact) mass is 344 g/mol. The second-order valence-corrected chi connectivity index (χ2v) is 7.15. The first-order chi connectivity index (χ1) is 12.1. The topological polar surface area (TPSA) is 49.4 Å². The molecular weight excluding hydrogens is 312 g/mol. The van der Waals surface area contributed by atoms with Gasteiger partial charge in [-0.3, -0.25) is 9.59 Å². The van der Waals surface area contributed by atoms with E-state index in [4.69, 9.17) is 0 Å². The lowest BCUT2D eigenvalue weighted by Crippen LogP contribution is -2.38. The number of unbranched alkanes of at least 4 members (excludes halogenated alkanes) is 3. The summed E-state index contributed by atoms with van der Waals surface area (Å²) in [5.74, 6) is -0.167. The normalized spacial score (nSPS) is 18.4. The molecule has 1 aliphatic heterocycles. The van der Waals surface area contributed by atoms with E-state index in [1.165, 1.54) is 19.3 Å². The van der Waals surface area contributed by atoms with Crippen molar-refractivity contribution in [1.82, 2.24) is 5.32 Å². The SMILES string of the molecule is CCCCCCC(C)NC(=O)C1CC(=O)N(c2ccccc2CC)C1. The van der Waals surface area contributed by atoms with Gasteiger partial charge in [-0.2, -0.15) is 0 Å².